The van der Waals surface area contributed by atoms with Crippen molar-refractivity contribution in [2.24, 2.45) is 17.3 Å². The molecule has 2 saturated heterocycles. The highest BCUT2D eigenvalue weighted by molar-refractivity contribution is 5.89. The van der Waals surface area contributed by atoms with Crippen molar-refractivity contribution in [3.8, 4) is 0 Å². The van der Waals surface area contributed by atoms with Crippen molar-refractivity contribution < 1.29 is 62.6 Å². The van der Waals surface area contributed by atoms with Crippen LogP contribution in [0, 0.1) is 17.3 Å². The highest BCUT2D eigenvalue weighted by Crippen LogP contribution is 2.65. The fraction of sp³-hybridized carbons (Fsp3) is 0.767. The molecular formula is C30H42O13. The van der Waals surface area contributed by atoms with Crippen LogP contribution in [-0.4, -0.2) is 94.0 Å². The van der Waals surface area contributed by atoms with Gasteiger partial charge in [-0.2, -0.15) is 0 Å². The Morgan fingerprint density at radius 1 is 0.977 bits per heavy atom. The van der Waals surface area contributed by atoms with Crippen molar-refractivity contribution >= 4 is 29.8 Å². The molecule has 13 heteroatoms. The molecule has 3 fully saturated rings. The highest BCUT2D eigenvalue weighted by atomic mass is 16.7. The summed E-state index contributed by atoms with van der Waals surface area (Å²) in [6.45, 7) is 11.6. The van der Waals surface area contributed by atoms with Gasteiger partial charge in [0.15, 0.2) is 23.4 Å². The molecule has 1 spiro atoms. The molecule has 12 atom stereocenters. The van der Waals surface area contributed by atoms with Gasteiger partial charge in [0.05, 0.1) is 11.5 Å². The largest absolute Gasteiger partial charge is 0.462 e. The number of rotatable bonds is 6. The molecule has 0 aromatic rings. The molecule has 2 aliphatic carbocycles. The minimum Gasteiger partial charge on any atom is -0.462 e. The van der Waals surface area contributed by atoms with E-state index in [1.54, 1.807) is 27.7 Å². The molecule has 0 aromatic heterocycles. The molecule has 0 aromatic carbocycles. The van der Waals surface area contributed by atoms with Crippen LogP contribution < -0.4 is 0 Å². The zero-order chi connectivity index (χ0) is 32.2. The molecule has 43 heavy (non-hydrogen) atoms. The summed E-state index contributed by atoms with van der Waals surface area (Å²) in [7, 11) is 0. The van der Waals surface area contributed by atoms with Crippen LogP contribution in [0.4, 0.5) is 0 Å². The van der Waals surface area contributed by atoms with E-state index in [-0.39, 0.29) is 18.4 Å². The average Bonchev–Trinajstić information content (AvgIpc) is 3.48. The van der Waals surface area contributed by atoms with E-state index in [9.17, 15) is 34.2 Å². The standard InChI is InChI=1S/C30H42O13/c1-9-10-21(35)42-24-13(2)11-20-30(29(8,43-30)27(37)41-20)25(39-16(5)32)22-14(3)18(34)12-19(38-15(4)31)28(22,7)26(23(24)36)40-17(6)33/h11,14,18-20,22-26,34,36H,9-10,12H2,1-8H3. The molecule has 12 unspecified atom stereocenters. The maximum absolute atomic E-state index is 13.2. The number of fused-ring (bicyclic) bond motifs is 1. The first kappa shape index (κ1) is 32.9. The fourth-order valence-corrected chi connectivity index (χ4v) is 7.54. The van der Waals surface area contributed by atoms with Crippen molar-refractivity contribution in [3.63, 3.8) is 0 Å². The maximum atomic E-state index is 13.2. The van der Waals surface area contributed by atoms with E-state index in [2.05, 4.69) is 0 Å². The average molecular weight is 611 g/mol. The molecule has 2 aliphatic heterocycles. The van der Waals surface area contributed by atoms with Gasteiger partial charge < -0.3 is 38.6 Å². The van der Waals surface area contributed by atoms with E-state index in [0.29, 0.717) is 6.42 Å². The number of carbonyl (C=O) groups excluding carboxylic acids is 5. The van der Waals surface area contributed by atoms with Crippen molar-refractivity contribution in [2.45, 2.75) is 129 Å². The number of hydrogen-bond acceptors (Lipinski definition) is 13. The zero-order valence-electron chi connectivity index (χ0n) is 25.8. The second-order valence-corrected chi connectivity index (χ2v) is 12.5. The number of carbonyl (C=O) groups is 5. The molecule has 2 heterocycles. The van der Waals surface area contributed by atoms with Gasteiger partial charge in [0.2, 0.25) is 0 Å². The van der Waals surface area contributed by atoms with Crippen LogP contribution in [0.5, 0.6) is 0 Å². The normalized spacial score (nSPS) is 43.4. The van der Waals surface area contributed by atoms with Crippen LogP contribution in [0.25, 0.3) is 0 Å². The lowest BCUT2D eigenvalue weighted by Gasteiger charge is -2.57. The van der Waals surface area contributed by atoms with Gasteiger partial charge in [-0.15, -0.1) is 0 Å². The number of esters is 5. The van der Waals surface area contributed by atoms with Gasteiger partial charge in [0.25, 0.3) is 0 Å². The summed E-state index contributed by atoms with van der Waals surface area (Å²) in [4.78, 5) is 63.7. The van der Waals surface area contributed by atoms with Crippen molar-refractivity contribution in [1.29, 1.82) is 0 Å². The molecular weight excluding hydrogens is 568 g/mol. The van der Waals surface area contributed by atoms with Crippen LogP contribution in [-0.2, 0) is 52.4 Å². The summed E-state index contributed by atoms with van der Waals surface area (Å²) in [5.41, 5.74) is -4.55. The van der Waals surface area contributed by atoms with Gasteiger partial charge in [0.1, 0.15) is 24.4 Å². The second-order valence-electron chi connectivity index (χ2n) is 12.5. The fourth-order valence-electron chi connectivity index (χ4n) is 7.54. The predicted octanol–water partition coefficient (Wildman–Crippen LogP) is 1.29. The molecule has 0 amide bonds. The Kier molecular flexibility index (Phi) is 8.77. The van der Waals surface area contributed by atoms with Crippen LogP contribution in [0.3, 0.4) is 0 Å². The summed E-state index contributed by atoms with van der Waals surface area (Å²) in [5, 5.41) is 23.3. The molecule has 2 N–H and O–H groups in total. The SMILES string of the molecule is CCCC(=O)OC1C(C)=CC2OC(=O)C3(C)OC23C(OC(C)=O)C2C(C)C(O)CC(OC(C)=O)C2(C)C(OC(C)=O)C1O. The van der Waals surface area contributed by atoms with E-state index in [1.807, 2.05) is 0 Å². The Hall–Kier alpha value is -3.03. The third-order valence-corrected chi connectivity index (χ3v) is 9.62. The minimum atomic E-state index is -1.73. The first-order valence-electron chi connectivity index (χ1n) is 14.6. The monoisotopic (exact) mass is 610 g/mol. The molecule has 4 aliphatic rings. The molecule has 0 radical (unpaired) electrons. The van der Waals surface area contributed by atoms with Gasteiger partial charge in [-0.25, -0.2) is 4.79 Å². The molecule has 13 nitrogen and oxygen atoms in total. The van der Waals surface area contributed by atoms with Crippen molar-refractivity contribution in [2.75, 3.05) is 0 Å². The number of hydrogen-bond donors (Lipinski definition) is 2. The minimum absolute atomic E-state index is 0.0337. The van der Waals surface area contributed by atoms with Crippen LogP contribution in [0.1, 0.15) is 74.7 Å². The van der Waals surface area contributed by atoms with Gasteiger partial charge in [-0.1, -0.05) is 20.8 Å². The summed E-state index contributed by atoms with van der Waals surface area (Å²) >= 11 is 0. The lowest BCUT2D eigenvalue weighted by atomic mass is 9.52. The zero-order valence-corrected chi connectivity index (χ0v) is 25.8. The Morgan fingerprint density at radius 3 is 2.09 bits per heavy atom. The van der Waals surface area contributed by atoms with Crippen molar-refractivity contribution in [1.82, 2.24) is 0 Å². The second kappa shape index (κ2) is 11.5. The first-order valence-corrected chi connectivity index (χ1v) is 14.6. The molecule has 0 bridgehead atoms. The molecule has 4 rings (SSSR count). The van der Waals surface area contributed by atoms with Gasteiger partial charge in [-0.3, -0.25) is 19.2 Å². The third-order valence-electron chi connectivity index (χ3n) is 9.62. The number of aliphatic hydroxyl groups is 2. The molecule has 1 saturated carbocycles. The highest BCUT2D eigenvalue weighted by Gasteiger charge is 2.87. The Bertz CT molecular complexity index is 1210. The number of epoxide rings is 1. The Morgan fingerprint density at radius 2 is 1.56 bits per heavy atom. The van der Waals surface area contributed by atoms with E-state index in [0.717, 1.165) is 6.92 Å². The number of aliphatic hydroxyl groups excluding tert-OH is 2. The van der Waals surface area contributed by atoms with E-state index >= 15 is 0 Å². The van der Waals surface area contributed by atoms with Crippen molar-refractivity contribution in [3.05, 3.63) is 11.6 Å². The summed E-state index contributed by atoms with van der Waals surface area (Å²) in [6, 6.07) is 0. The Balaban J connectivity index is 2.07. The third kappa shape index (κ3) is 5.22. The first-order chi connectivity index (χ1) is 19.9. The van der Waals surface area contributed by atoms with Crippen LogP contribution >= 0.6 is 0 Å². The lowest BCUT2D eigenvalue weighted by molar-refractivity contribution is -0.249. The summed E-state index contributed by atoms with van der Waals surface area (Å²) in [6.07, 6.45) is -7.63. The molecule has 240 valence electrons. The van der Waals surface area contributed by atoms with Gasteiger partial charge in [-0.05, 0) is 37.8 Å². The van der Waals surface area contributed by atoms with Gasteiger partial charge in [0, 0.05) is 39.5 Å². The quantitative estimate of drug-likeness (QED) is 0.190. The summed E-state index contributed by atoms with van der Waals surface area (Å²) < 4.78 is 35.2. The predicted molar refractivity (Wildman–Crippen MR) is 145 cm³/mol. The summed E-state index contributed by atoms with van der Waals surface area (Å²) in [5.74, 6) is -5.42. The van der Waals surface area contributed by atoms with Crippen LogP contribution in [0.15, 0.2) is 11.6 Å². The van der Waals surface area contributed by atoms with E-state index in [4.69, 9.17) is 28.4 Å². The van der Waals surface area contributed by atoms with E-state index in [1.165, 1.54) is 26.8 Å². The van der Waals surface area contributed by atoms with E-state index < -0.39 is 101 Å². The Labute approximate surface area is 250 Å². The topological polar surface area (TPSA) is 184 Å². The smallest absolute Gasteiger partial charge is 0.342 e. The maximum Gasteiger partial charge on any atom is 0.342 e. The lowest BCUT2D eigenvalue weighted by Crippen LogP contribution is -2.69. The number of ether oxygens (including phenoxy) is 6. The van der Waals surface area contributed by atoms with Crippen LogP contribution in [0.2, 0.25) is 0 Å². The van der Waals surface area contributed by atoms with Gasteiger partial charge >= 0.3 is 29.8 Å².